The van der Waals surface area contributed by atoms with Crippen molar-refractivity contribution in [2.45, 2.75) is 19.5 Å². The highest BCUT2D eigenvalue weighted by Gasteiger charge is 2.43. The van der Waals surface area contributed by atoms with Gasteiger partial charge in [-0.25, -0.2) is 0 Å². The number of hydrogen-bond donors (Lipinski definition) is 1. The summed E-state index contributed by atoms with van der Waals surface area (Å²) in [6.45, 7) is 2.16. The SMILES string of the molecule is COc1ccc(NC(=O)C2c3cccc[n+]3CC(=O)N2c2cccc(C)c2)cc1. The van der Waals surface area contributed by atoms with Gasteiger partial charge in [0.25, 0.3) is 11.8 Å². The Bertz CT molecular complexity index is 1060. The van der Waals surface area contributed by atoms with Crippen molar-refractivity contribution in [2.24, 2.45) is 0 Å². The summed E-state index contributed by atoms with van der Waals surface area (Å²) in [5.74, 6) is 0.303. The smallest absolute Gasteiger partial charge is 0.294 e. The normalized spacial score (nSPS) is 15.6. The molecule has 0 radical (unpaired) electrons. The highest BCUT2D eigenvalue weighted by Crippen LogP contribution is 2.30. The maximum atomic E-state index is 13.3. The Morgan fingerprint density at radius 3 is 2.62 bits per heavy atom. The number of pyridine rings is 1. The number of rotatable bonds is 4. The number of fused-ring (bicyclic) bond motifs is 1. The molecule has 29 heavy (non-hydrogen) atoms. The number of methoxy groups -OCH3 is 1. The summed E-state index contributed by atoms with van der Waals surface area (Å²) in [6.07, 6.45) is 1.83. The fourth-order valence-electron chi connectivity index (χ4n) is 3.59. The van der Waals surface area contributed by atoms with Crippen molar-refractivity contribution < 1.29 is 18.9 Å². The number of anilines is 2. The minimum atomic E-state index is -0.777. The van der Waals surface area contributed by atoms with Crippen molar-refractivity contribution in [1.82, 2.24) is 0 Å². The zero-order valence-corrected chi connectivity index (χ0v) is 16.3. The van der Waals surface area contributed by atoms with Gasteiger partial charge in [-0.1, -0.05) is 18.2 Å². The molecule has 3 aromatic rings. The van der Waals surface area contributed by atoms with Crippen LogP contribution in [-0.2, 0) is 16.1 Å². The molecule has 1 aliphatic heterocycles. The number of aromatic nitrogens is 1. The average molecular weight is 388 g/mol. The van der Waals surface area contributed by atoms with Gasteiger partial charge in [-0.15, -0.1) is 0 Å². The average Bonchev–Trinajstić information content (AvgIpc) is 2.73. The molecule has 0 fully saturated rings. The first-order valence-electron chi connectivity index (χ1n) is 9.39. The van der Waals surface area contributed by atoms with E-state index in [1.807, 2.05) is 60.2 Å². The third-order valence-electron chi connectivity index (χ3n) is 4.97. The fourth-order valence-corrected chi connectivity index (χ4v) is 3.59. The van der Waals surface area contributed by atoms with Gasteiger partial charge >= 0.3 is 0 Å². The second-order valence-electron chi connectivity index (χ2n) is 6.98. The molecule has 0 spiro atoms. The van der Waals surface area contributed by atoms with Crippen LogP contribution in [0.4, 0.5) is 11.4 Å². The minimum Gasteiger partial charge on any atom is -0.497 e. The van der Waals surface area contributed by atoms with E-state index in [4.69, 9.17) is 4.74 Å². The molecule has 0 saturated heterocycles. The molecular formula is C23H22N3O3+. The van der Waals surface area contributed by atoms with Gasteiger partial charge in [-0.3, -0.25) is 14.5 Å². The number of carbonyl (C=O) groups is 2. The predicted octanol–water partition coefficient (Wildman–Crippen LogP) is 3.02. The molecular weight excluding hydrogens is 366 g/mol. The first-order valence-corrected chi connectivity index (χ1v) is 9.39. The summed E-state index contributed by atoms with van der Waals surface area (Å²) in [4.78, 5) is 28.0. The van der Waals surface area contributed by atoms with Gasteiger partial charge in [0.1, 0.15) is 5.75 Å². The van der Waals surface area contributed by atoms with E-state index < -0.39 is 6.04 Å². The second kappa shape index (κ2) is 7.75. The number of nitrogens with one attached hydrogen (secondary N) is 1. The Hall–Kier alpha value is -3.67. The molecule has 4 rings (SSSR count). The lowest BCUT2D eigenvalue weighted by Crippen LogP contribution is -2.58. The van der Waals surface area contributed by atoms with Crippen LogP contribution in [0.3, 0.4) is 0 Å². The number of hydrogen-bond acceptors (Lipinski definition) is 3. The summed E-state index contributed by atoms with van der Waals surface area (Å²) in [5.41, 5.74) is 3.14. The highest BCUT2D eigenvalue weighted by atomic mass is 16.5. The molecule has 0 bridgehead atoms. The van der Waals surface area contributed by atoms with E-state index in [9.17, 15) is 9.59 Å². The number of aryl methyl sites for hydroxylation is 1. The minimum absolute atomic E-state index is 0.130. The summed E-state index contributed by atoms with van der Waals surface area (Å²) >= 11 is 0. The molecule has 6 heteroatoms. The van der Waals surface area contributed by atoms with Gasteiger partial charge in [0.05, 0.1) is 7.11 Å². The van der Waals surface area contributed by atoms with E-state index in [-0.39, 0.29) is 18.4 Å². The molecule has 0 aliphatic carbocycles. The van der Waals surface area contributed by atoms with E-state index in [1.54, 1.807) is 36.3 Å². The predicted molar refractivity (Wildman–Crippen MR) is 110 cm³/mol. The van der Waals surface area contributed by atoms with Crippen molar-refractivity contribution in [1.29, 1.82) is 0 Å². The van der Waals surface area contributed by atoms with Crippen LogP contribution in [0.5, 0.6) is 5.75 Å². The Morgan fingerprint density at radius 2 is 1.90 bits per heavy atom. The van der Waals surface area contributed by atoms with Gasteiger partial charge in [-0.05, 0) is 48.9 Å². The lowest BCUT2D eigenvalue weighted by atomic mass is 10.0. The van der Waals surface area contributed by atoms with E-state index in [2.05, 4.69) is 5.32 Å². The quantitative estimate of drug-likeness (QED) is 0.699. The Balaban J connectivity index is 1.74. The van der Waals surface area contributed by atoms with Gasteiger partial charge in [0, 0.05) is 23.5 Å². The number of benzene rings is 2. The van der Waals surface area contributed by atoms with Crippen LogP contribution < -0.4 is 19.5 Å². The van der Waals surface area contributed by atoms with Crippen LogP contribution in [-0.4, -0.2) is 18.9 Å². The molecule has 2 heterocycles. The standard InChI is InChI=1S/C23H21N3O3/c1-16-6-5-7-18(14-16)26-21(27)15-25-13-4-3-8-20(25)22(26)23(28)24-17-9-11-19(29-2)12-10-17/h3-14,22H,15H2,1-2H3/p+1. The van der Waals surface area contributed by atoms with Crippen LogP contribution in [0, 0.1) is 6.92 Å². The maximum Gasteiger partial charge on any atom is 0.294 e. The zero-order valence-electron chi connectivity index (χ0n) is 16.3. The van der Waals surface area contributed by atoms with Gasteiger partial charge in [-0.2, -0.15) is 4.57 Å². The Labute approximate surface area is 169 Å². The van der Waals surface area contributed by atoms with Crippen LogP contribution >= 0.6 is 0 Å². The van der Waals surface area contributed by atoms with Gasteiger partial charge < -0.3 is 10.1 Å². The van der Waals surface area contributed by atoms with Crippen molar-refractivity contribution in [3.8, 4) is 5.75 Å². The highest BCUT2D eigenvalue weighted by molar-refractivity contribution is 6.05. The van der Waals surface area contributed by atoms with E-state index in [1.165, 1.54) is 0 Å². The fraction of sp³-hybridized carbons (Fsp3) is 0.174. The monoisotopic (exact) mass is 388 g/mol. The summed E-state index contributed by atoms with van der Waals surface area (Å²) in [7, 11) is 1.59. The van der Waals surface area contributed by atoms with Crippen molar-refractivity contribution >= 4 is 23.2 Å². The molecule has 1 aromatic heterocycles. The Kier molecular flexibility index (Phi) is 4.99. The first kappa shape index (κ1) is 18.7. The van der Waals surface area contributed by atoms with Crippen LogP contribution in [0.15, 0.2) is 72.9 Å². The number of carbonyl (C=O) groups excluding carboxylic acids is 2. The van der Waals surface area contributed by atoms with E-state index in [0.717, 1.165) is 11.3 Å². The van der Waals surface area contributed by atoms with Crippen LogP contribution in [0.2, 0.25) is 0 Å². The van der Waals surface area contributed by atoms with E-state index >= 15 is 0 Å². The number of nitrogens with zero attached hydrogens (tertiary/aromatic N) is 2. The molecule has 0 saturated carbocycles. The number of amides is 2. The molecule has 1 N–H and O–H groups in total. The largest absolute Gasteiger partial charge is 0.497 e. The van der Waals surface area contributed by atoms with Crippen LogP contribution in [0.1, 0.15) is 17.3 Å². The van der Waals surface area contributed by atoms with Crippen LogP contribution in [0.25, 0.3) is 0 Å². The third kappa shape index (κ3) is 3.69. The van der Waals surface area contributed by atoms with Gasteiger partial charge in [0.2, 0.25) is 18.3 Å². The Morgan fingerprint density at radius 1 is 1.10 bits per heavy atom. The third-order valence-corrected chi connectivity index (χ3v) is 4.97. The van der Waals surface area contributed by atoms with Gasteiger partial charge in [0.15, 0.2) is 6.20 Å². The topological polar surface area (TPSA) is 62.5 Å². The molecule has 1 aliphatic rings. The summed E-state index contributed by atoms with van der Waals surface area (Å²) < 4.78 is 6.99. The molecule has 146 valence electrons. The second-order valence-corrected chi connectivity index (χ2v) is 6.98. The molecule has 2 amide bonds. The lowest BCUT2D eigenvalue weighted by Gasteiger charge is -2.32. The first-order chi connectivity index (χ1) is 14.1. The zero-order chi connectivity index (χ0) is 20.4. The van der Waals surface area contributed by atoms with Crippen molar-refractivity contribution in [3.63, 3.8) is 0 Å². The van der Waals surface area contributed by atoms with Crippen molar-refractivity contribution in [2.75, 3.05) is 17.3 Å². The number of ether oxygens (including phenoxy) is 1. The molecule has 1 atom stereocenters. The molecule has 1 unspecified atom stereocenters. The van der Waals surface area contributed by atoms with E-state index in [0.29, 0.717) is 17.1 Å². The molecule has 2 aromatic carbocycles. The summed E-state index contributed by atoms with van der Waals surface area (Å²) in [5, 5.41) is 2.94. The lowest BCUT2D eigenvalue weighted by molar-refractivity contribution is -0.695. The van der Waals surface area contributed by atoms with Crippen molar-refractivity contribution in [3.05, 3.63) is 84.2 Å². The maximum absolute atomic E-state index is 13.3. The summed E-state index contributed by atoms with van der Waals surface area (Å²) in [6, 6.07) is 19.6. The molecule has 6 nitrogen and oxygen atoms in total.